The lowest BCUT2D eigenvalue weighted by atomic mass is 10.1. The molecule has 0 saturated heterocycles. The van der Waals surface area contributed by atoms with Gasteiger partial charge >= 0.3 is 12.1 Å². The largest absolute Gasteiger partial charge is 0.493 e. The van der Waals surface area contributed by atoms with Crippen LogP contribution in [-0.4, -0.2) is 33.3 Å². The fourth-order valence-corrected chi connectivity index (χ4v) is 4.02. The van der Waals surface area contributed by atoms with Gasteiger partial charge in [-0.05, 0) is 31.0 Å². The molecule has 0 bridgehead atoms. The maximum Gasteiger partial charge on any atom is 0.433 e. The summed E-state index contributed by atoms with van der Waals surface area (Å²) in [5.74, 6) is 0.301. The summed E-state index contributed by atoms with van der Waals surface area (Å²) in [4.78, 5) is 14.9. The number of aliphatic carboxylic acids is 1. The average molecular weight is 514 g/mol. The number of furan rings is 1. The number of aromatic nitrogens is 2. The molecule has 194 valence electrons. The highest BCUT2D eigenvalue weighted by Gasteiger charge is 2.36. The lowest BCUT2D eigenvalue weighted by Crippen LogP contribution is -2.24. The van der Waals surface area contributed by atoms with Crippen LogP contribution in [0.2, 0.25) is 0 Å². The molecule has 0 saturated carbocycles. The van der Waals surface area contributed by atoms with E-state index in [0.29, 0.717) is 35.5 Å². The first-order valence-electron chi connectivity index (χ1n) is 11.7. The number of hydrogen-bond acceptors (Lipinski definition) is 5. The monoisotopic (exact) mass is 513 g/mol. The van der Waals surface area contributed by atoms with Crippen LogP contribution in [0.3, 0.4) is 0 Å². The van der Waals surface area contributed by atoms with Crippen molar-refractivity contribution >= 4 is 5.97 Å². The smallest absolute Gasteiger partial charge is 0.433 e. The molecule has 7 nitrogen and oxygen atoms in total. The minimum Gasteiger partial charge on any atom is -0.493 e. The molecule has 2 aromatic carbocycles. The van der Waals surface area contributed by atoms with E-state index >= 15 is 0 Å². The molecule has 0 fully saturated rings. The number of imidazole rings is 1. The Kier molecular flexibility index (Phi) is 7.98. The highest BCUT2D eigenvalue weighted by atomic mass is 19.4. The zero-order chi connectivity index (χ0) is 26.4. The van der Waals surface area contributed by atoms with Crippen molar-refractivity contribution in [3.05, 3.63) is 84.4 Å². The zero-order valence-corrected chi connectivity index (χ0v) is 19.8. The molecule has 10 heteroatoms. The Labute approximate surface area is 211 Å². The number of benzene rings is 2. The number of carbonyl (C=O) groups is 1. The number of nitrogens with two attached hydrogens (primary N) is 1. The lowest BCUT2D eigenvalue weighted by Gasteiger charge is -2.17. The summed E-state index contributed by atoms with van der Waals surface area (Å²) in [5.41, 5.74) is 6.78. The maximum atomic E-state index is 13.9. The third-order valence-corrected chi connectivity index (χ3v) is 5.81. The average Bonchev–Trinajstić information content (AvgIpc) is 3.53. The third-order valence-electron chi connectivity index (χ3n) is 5.81. The molecular formula is C27H26F3N3O4. The van der Waals surface area contributed by atoms with Crippen molar-refractivity contribution in [3.63, 3.8) is 0 Å². The Balaban J connectivity index is 1.56. The molecule has 0 aliphatic rings. The molecule has 1 atom stereocenters. The van der Waals surface area contributed by atoms with Gasteiger partial charge in [0.15, 0.2) is 0 Å². The molecule has 0 amide bonds. The van der Waals surface area contributed by atoms with Gasteiger partial charge in [-0.2, -0.15) is 13.2 Å². The summed E-state index contributed by atoms with van der Waals surface area (Å²) in [7, 11) is 0. The number of rotatable bonds is 11. The van der Waals surface area contributed by atoms with Crippen LogP contribution in [0.4, 0.5) is 13.2 Å². The number of ether oxygens (including phenoxy) is 1. The summed E-state index contributed by atoms with van der Waals surface area (Å²) < 4.78 is 54.0. The fraction of sp³-hybridized carbons (Fsp3) is 0.259. The SMILES string of the molecule is N[C@H](CCCOc1ccccc1Cn1c(C(F)(F)F)cnc1-c1ccc(-c2ccco2)cc1)CC(=O)O. The highest BCUT2D eigenvalue weighted by Crippen LogP contribution is 2.35. The number of hydrogen-bond donors (Lipinski definition) is 2. The van der Waals surface area contributed by atoms with Gasteiger partial charge in [-0.25, -0.2) is 4.98 Å². The van der Waals surface area contributed by atoms with E-state index in [9.17, 15) is 18.0 Å². The second kappa shape index (κ2) is 11.3. The number of halogens is 3. The van der Waals surface area contributed by atoms with E-state index in [1.54, 1.807) is 66.9 Å². The van der Waals surface area contributed by atoms with Crippen LogP contribution in [0, 0.1) is 0 Å². The van der Waals surface area contributed by atoms with Crippen LogP contribution >= 0.6 is 0 Å². The molecule has 0 aliphatic heterocycles. The lowest BCUT2D eigenvalue weighted by molar-refractivity contribution is -0.143. The van der Waals surface area contributed by atoms with Crippen molar-refractivity contribution in [3.8, 4) is 28.5 Å². The van der Waals surface area contributed by atoms with Gasteiger partial charge in [-0.15, -0.1) is 0 Å². The van der Waals surface area contributed by atoms with Crippen LogP contribution < -0.4 is 10.5 Å². The highest BCUT2D eigenvalue weighted by molar-refractivity contribution is 5.67. The van der Waals surface area contributed by atoms with E-state index < -0.39 is 23.9 Å². The molecule has 0 aliphatic carbocycles. The van der Waals surface area contributed by atoms with Crippen molar-refractivity contribution in [1.82, 2.24) is 9.55 Å². The molecule has 4 aromatic rings. The Morgan fingerprint density at radius 2 is 1.81 bits per heavy atom. The van der Waals surface area contributed by atoms with Crippen molar-refractivity contribution < 1.29 is 32.2 Å². The molecule has 2 aromatic heterocycles. The second-order valence-electron chi connectivity index (χ2n) is 8.56. The van der Waals surface area contributed by atoms with Gasteiger partial charge < -0.3 is 24.6 Å². The number of alkyl halides is 3. The summed E-state index contributed by atoms with van der Waals surface area (Å²) in [6.07, 6.45) is -1.39. The standard InChI is InChI=1S/C27H26F3N3O4/c28-27(29,30)24-16-32-26(19-11-9-18(10-12-19)22-8-4-14-36-22)33(24)17-20-5-1-2-7-23(20)37-13-3-6-21(31)15-25(34)35/h1-2,4-5,7-12,14,16,21H,3,6,13,15,17,31H2,(H,34,35)/t21-/m1/s1. The van der Waals surface area contributed by atoms with Crippen LogP contribution in [-0.2, 0) is 17.5 Å². The van der Waals surface area contributed by atoms with E-state index in [4.69, 9.17) is 20.0 Å². The number of carboxylic acid groups (broad SMARTS) is 1. The fourth-order valence-electron chi connectivity index (χ4n) is 4.02. The summed E-state index contributed by atoms with van der Waals surface area (Å²) in [5, 5.41) is 8.82. The van der Waals surface area contributed by atoms with Gasteiger partial charge in [0.1, 0.15) is 23.0 Å². The molecule has 2 heterocycles. The summed E-state index contributed by atoms with van der Waals surface area (Å²) in [6, 6.07) is 16.9. The minimum absolute atomic E-state index is 0.112. The normalized spacial score (nSPS) is 12.4. The van der Waals surface area contributed by atoms with Crippen LogP contribution in [0.25, 0.3) is 22.7 Å². The molecule has 3 N–H and O–H groups in total. The number of carboxylic acids is 1. The van der Waals surface area contributed by atoms with Gasteiger partial charge in [-0.3, -0.25) is 4.79 Å². The first kappa shape index (κ1) is 26.0. The maximum absolute atomic E-state index is 13.9. The van der Waals surface area contributed by atoms with Crippen molar-refractivity contribution in [2.24, 2.45) is 5.73 Å². The zero-order valence-electron chi connectivity index (χ0n) is 19.8. The predicted octanol–water partition coefficient (Wildman–Crippen LogP) is 5.84. The second-order valence-corrected chi connectivity index (χ2v) is 8.56. The van der Waals surface area contributed by atoms with Crippen molar-refractivity contribution in [2.75, 3.05) is 6.61 Å². The molecule has 37 heavy (non-hydrogen) atoms. The van der Waals surface area contributed by atoms with E-state index in [1.807, 2.05) is 0 Å². The van der Waals surface area contributed by atoms with Crippen LogP contribution in [0.5, 0.6) is 5.75 Å². The van der Waals surface area contributed by atoms with E-state index in [2.05, 4.69) is 4.98 Å². The first-order valence-corrected chi connectivity index (χ1v) is 11.7. The first-order chi connectivity index (χ1) is 17.7. The Morgan fingerprint density at radius 1 is 1.08 bits per heavy atom. The number of para-hydroxylation sites is 1. The predicted molar refractivity (Wildman–Crippen MR) is 131 cm³/mol. The molecule has 4 rings (SSSR count). The Hall–Kier alpha value is -4.05. The molecule has 0 radical (unpaired) electrons. The van der Waals surface area contributed by atoms with Gasteiger partial charge in [0.2, 0.25) is 0 Å². The van der Waals surface area contributed by atoms with E-state index in [1.165, 1.54) is 0 Å². The van der Waals surface area contributed by atoms with Crippen LogP contribution in [0.1, 0.15) is 30.5 Å². The molecule has 0 unspecified atom stereocenters. The van der Waals surface area contributed by atoms with Crippen molar-refractivity contribution in [2.45, 2.75) is 38.0 Å². The summed E-state index contributed by atoms with van der Waals surface area (Å²) >= 11 is 0. The molecule has 0 spiro atoms. The molecular weight excluding hydrogens is 487 g/mol. The van der Waals surface area contributed by atoms with Gasteiger partial charge in [0.25, 0.3) is 0 Å². The number of nitrogens with zero attached hydrogens (tertiary/aromatic N) is 2. The Bertz CT molecular complexity index is 1320. The van der Waals surface area contributed by atoms with Gasteiger partial charge in [-0.1, -0.05) is 42.5 Å². The topological polar surface area (TPSA) is 104 Å². The van der Waals surface area contributed by atoms with Gasteiger partial charge in [0, 0.05) is 22.7 Å². The Morgan fingerprint density at radius 3 is 2.49 bits per heavy atom. The quantitative estimate of drug-likeness (QED) is 0.244. The van der Waals surface area contributed by atoms with E-state index in [-0.39, 0.29) is 25.4 Å². The van der Waals surface area contributed by atoms with Crippen LogP contribution in [0.15, 0.2) is 77.5 Å². The van der Waals surface area contributed by atoms with E-state index in [0.717, 1.165) is 16.3 Å². The van der Waals surface area contributed by atoms with Gasteiger partial charge in [0.05, 0.1) is 32.0 Å². The van der Waals surface area contributed by atoms with Crippen molar-refractivity contribution in [1.29, 1.82) is 0 Å². The summed E-state index contributed by atoms with van der Waals surface area (Å²) in [6.45, 7) is 0.139. The third kappa shape index (κ3) is 6.59. The minimum atomic E-state index is -4.60.